The second-order valence-corrected chi connectivity index (χ2v) is 12.4. The number of benzene rings is 3. The number of ether oxygens (including phenoxy) is 2. The number of hydrogen-bond acceptors (Lipinski definition) is 5. The predicted molar refractivity (Wildman–Crippen MR) is 170 cm³/mol. The van der Waals surface area contributed by atoms with Gasteiger partial charge >= 0.3 is 0 Å². The van der Waals surface area contributed by atoms with Crippen molar-refractivity contribution in [2.75, 3.05) is 26.3 Å². The van der Waals surface area contributed by atoms with Gasteiger partial charge in [0.15, 0.2) is 5.75 Å². The minimum Gasteiger partial charge on any atom is -0.490 e. The summed E-state index contributed by atoms with van der Waals surface area (Å²) in [6.07, 6.45) is 2.53. The Kier molecular flexibility index (Phi) is 10.3. The van der Waals surface area contributed by atoms with Crippen molar-refractivity contribution in [3.63, 3.8) is 0 Å². The van der Waals surface area contributed by atoms with Gasteiger partial charge in [-0.05, 0) is 93.1 Å². The summed E-state index contributed by atoms with van der Waals surface area (Å²) in [6, 6.07) is 13.6. The van der Waals surface area contributed by atoms with Crippen LogP contribution < -0.4 is 20.1 Å². The van der Waals surface area contributed by atoms with Crippen LogP contribution in [-0.4, -0.2) is 55.1 Å². The van der Waals surface area contributed by atoms with Crippen LogP contribution >= 0.6 is 23.2 Å². The zero-order chi connectivity index (χ0) is 31.4. The van der Waals surface area contributed by atoms with Crippen molar-refractivity contribution in [1.29, 1.82) is 0 Å². The number of amides is 2. The van der Waals surface area contributed by atoms with Crippen LogP contribution in [0.15, 0.2) is 48.5 Å². The van der Waals surface area contributed by atoms with Gasteiger partial charge in [0.05, 0.1) is 21.5 Å². The van der Waals surface area contributed by atoms with Gasteiger partial charge in [-0.2, -0.15) is 0 Å². The number of nitrogens with one attached hydrogen (secondary N) is 2. The first-order valence-corrected chi connectivity index (χ1v) is 15.8. The van der Waals surface area contributed by atoms with E-state index in [9.17, 15) is 9.59 Å². The second-order valence-electron chi connectivity index (χ2n) is 11.6. The fourth-order valence-electron chi connectivity index (χ4n) is 5.59. The molecule has 1 aliphatic carbocycles. The molecule has 234 valence electrons. The maximum Gasteiger partial charge on any atom is 0.254 e. The summed E-state index contributed by atoms with van der Waals surface area (Å²) in [7, 11) is 0. The molecule has 5 rings (SSSR count). The number of halogens is 3. The lowest BCUT2D eigenvalue weighted by Crippen LogP contribution is -2.55. The minimum atomic E-state index is -0.711. The largest absolute Gasteiger partial charge is 0.490 e. The fourth-order valence-corrected chi connectivity index (χ4v) is 6.29. The van der Waals surface area contributed by atoms with Crippen molar-refractivity contribution in [3.8, 4) is 11.5 Å². The summed E-state index contributed by atoms with van der Waals surface area (Å²) < 4.78 is 26.4. The van der Waals surface area contributed by atoms with Crippen molar-refractivity contribution in [2.45, 2.75) is 58.7 Å². The monoisotopic (exact) mass is 641 g/mol. The van der Waals surface area contributed by atoms with E-state index in [-0.39, 0.29) is 36.5 Å². The standard InChI is InChI=1S/C34H38Cl2FN3O4/c1-20-15-28(35)32(29(36)16-20)44-14-13-43-25-9-10-26(30(37)17-25)33(41)39-31-11-12-38-18-27(31)34(42)40(24-7-8-24)19-23-6-4-5-21(2)22(23)3/h4-6,9-10,15-17,24,27,31,38H,7-8,11-14,18-19H2,1-3H3,(H,39,41). The average molecular weight is 643 g/mol. The van der Waals surface area contributed by atoms with Gasteiger partial charge in [0.1, 0.15) is 24.8 Å². The highest BCUT2D eigenvalue weighted by Crippen LogP contribution is 2.34. The highest BCUT2D eigenvalue weighted by Gasteiger charge is 2.40. The molecule has 2 N–H and O–H groups in total. The van der Waals surface area contributed by atoms with Crippen molar-refractivity contribution in [1.82, 2.24) is 15.5 Å². The minimum absolute atomic E-state index is 0.0190. The van der Waals surface area contributed by atoms with E-state index in [1.165, 1.54) is 29.3 Å². The molecule has 0 radical (unpaired) electrons. The first kappa shape index (κ1) is 32.1. The molecule has 1 heterocycles. The molecule has 0 bridgehead atoms. The van der Waals surface area contributed by atoms with E-state index in [1.807, 2.05) is 17.9 Å². The number of piperidine rings is 1. The van der Waals surface area contributed by atoms with Gasteiger partial charge in [-0.15, -0.1) is 0 Å². The molecule has 2 amide bonds. The Balaban J connectivity index is 1.19. The van der Waals surface area contributed by atoms with E-state index >= 15 is 4.39 Å². The highest BCUT2D eigenvalue weighted by atomic mass is 35.5. The van der Waals surface area contributed by atoms with E-state index in [0.29, 0.717) is 41.8 Å². The lowest BCUT2D eigenvalue weighted by atomic mass is 9.91. The maximum atomic E-state index is 15.1. The van der Waals surface area contributed by atoms with Crippen LogP contribution in [0.1, 0.15) is 51.9 Å². The van der Waals surface area contributed by atoms with Crippen LogP contribution in [-0.2, 0) is 11.3 Å². The van der Waals surface area contributed by atoms with Gasteiger partial charge in [0, 0.05) is 31.2 Å². The predicted octanol–water partition coefficient (Wildman–Crippen LogP) is 6.41. The van der Waals surface area contributed by atoms with Gasteiger partial charge in [0.2, 0.25) is 5.91 Å². The fraction of sp³-hybridized carbons (Fsp3) is 0.412. The third-order valence-corrected chi connectivity index (χ3v) is 8.93. The molecule has 1 saturated carbocycles. The van der Waals surface area contributed by atoms with Gasteiger partial charge in [-0.3, -0.25) is 9.59 Å². The molecular formula is C34H38Cl2FN3O4. The third-order valence-electron chi connectivity index (χ3n) is 8.37. The zero-order valence-electron chi connectivity index (χ0n) is 25.2. The first-order valence-electron chi connectivity index (χ1n) is 15.0. The van der Waals surface area contributed by atoms with Crippen LogP contribution in [0.25, 0.3) is 0 Å². The molecule has 1 saturated heterocycles. The smallest absolute Gasteiger partial charge is 0.254 e. The van der Waals surface area contributed by atoms with Crippen LogP contribution in [0.3, 0.4) is 0 Å². The van der Waals surface area contributed by atoms with Crippen molar-refractivity contribution in [2.24, 2.45) is 5.92 Å². The Morgan fingerprint density at radius 1 is 1.00 bits per heavy atom. The lowest BCUT2D eigenvalue weighted by Gasteiger charge is -2.36. The molecular weight excluding hydrogens is 604 g/mol. The quantitative estimate of drug-likeness (QED) is 0.236. The Morgan fingerprint density at radius 2 is 1.73 bits per heavy atom. The molecule has 3 aromatic rings. The number of hydrogen-bond donors (Lipinski definition) is 2. The molecule has 3 aromatic carbocycles. The number of aryl methyl sites for hydroxylation is 2. The van der Waals surface area contributed by atoms with Crippen molar-refractivity contribution >= 4 is 35.0 Å². The number of carbonyl (C=O) groups excluding carboxylic acids is 2. The van der Waals surface area contributed by atoms with Crippen LogP contribution in [0, 0.1) is 32.5 Å². The molecule has 2 fully saturated rings. The number of carbonyl (C=O) groups is 2. The SMILES string of the molecule is Cc1cc(Cl)c(OCCOc2ccc(C(=O)NC3CCNCC3C(=O)N(Cc3cccc(C)c3C)C3CC3)c(F)c2)c(Cl)c1. The van der Waals surface area contributed by atoms with Gasteiger partial charge in [0.25, 0.3) is 5.91 Å². The molecule has 2 unspecified atom stereocenters. The van der Waals surface area contributed by atoms with Crippen molar-refractivity contribution in [3.05, 3.63) is 92.2 Å². The molecule has 7 nitrogen and oxygen atoms in total. The second kappa shape index (κ2) is 14.2. The van der Waals surface area contributed by atoms with Crippen LogP contribution in [0.2, 0.25) is 10.0 Å². The number of rotatable bonds is 11. The Bertz CT molecular complexity index is 1510. The third kappa shape index (κ3) is 7.65. The summed E-state index contributed by atoms with van der Waals surface area (Å²) in [6.45, 7) is 7.95. The van der Waals surface area contributed by atoms with E-state index < -0.39 is 23.7 Å². The summed E-state index contributed by atoms with van der Waals surface area (Å²) >= 11 is 12.4. The zero-order valence-corrected chi connectivity index (χ0v) is 26.7. The molecule has 1 aliphatic heterocycles. The summed E-state index contributed by atoms with van der Waals surface area (Å²) in [5, 5.41) is 7.06. The summed E-state index contributed by atoms with van der Waals surface area (Å²) in [4.78, 5) is 29.1. The lowest BCUT2D eigenvalue weighted by molar-refractivity contribution is -0.138. The normalized spacial score (nSPS) is 18.0. The Labute approximate surface area is 268 Å². The van der Waals surface area contributed by atoms with E-state index in [4.69, 9.17) is 32.7 Å². The number of nitrogens with zero attached hydrogens (tertiary/aromatic N) is 1. The average Bonchev–Trinajstić information content (AvgIpc) is 3.82. The van der Waals surface area contributed by atoms with Crippen LogP contribution in [0.4, 0.5) is 4.39 Å². The topological polar surface area (TPSA) is 79.9 Å². The maximum absolute atomic E-state index is 15.1. The van der Waals surface area contributed by atoms with E-state index in [2.05, 4.69) is 36.6 Å². The first-order chi connectivity index (χ1) is 21.1. The van der Waals surface area contributed by atoms with E-state index in [0.717, 1.165) is 24.0 Å². The highest BCUT2D eigenvalue weighted by molar-refractivity contribution is 6.37. The molecule has 2 aliphatic rings. The molecule has 10 heteroatoms. The van der Waals surface area contributed by atoms with Gasteiger partial charge in [-0.1, -0.05) is 41.4 Å². The van der Waals surface area contributed by atoms with Crippen LogP contribution in [0.5, 0.6) is 11.5 Å². The molecule has 2 atom stereocenters. The summed E-state index contributed by atoms with van der Waals surface area (Å²) in [5.41, 5.74) is 4.32. The molecule has 0 spiro atoms. The summed E-state index contributed by atoms with van der Waals surface area (Å²) in [5.74, 6) is -1.08. The molecule has 44 heavy (non-hydrogen) atoms. The Morgan fingerprint density at radius 3 is 2.43 bits per heavy atom. The van der Waals surface area contributed by atoms with Gasteiger partial charge in [-0.25, -0.2) is 4.39 Å². The Hall–Kier alpha value is -3.33. The molecule has 0 aromatic heterocycles. The van der Waals surface area contributed by atoms with Gasteiger partial charge < -0.3 is 25.0 Å². The van der Waals surface area contributed by atoms with Crippen molar-refractivity contribution < 1.29 is 23.5 Å². The van der Waals surface area contributed by atoms with E-state index in [1.54, 1.807) is 12.1 Å².